The van der Waals surface area contributed by atoms with Gasteiger partial charge < -0.3 is 20.5 Å². The molecule has 1 aromatic carbocycles. The third-order valence-corrected chi connectivity index (χ3v) is 4.20. The second kappa shape index (κ2) is 8.73. The van der Waals surface area contributed by atoms with Crippen molar-refractivity contribution < 1.29 is 31.1 Å². The molecule has 11 heteroatoms. The number of nitrogens with zero attached hydrogens (tertiary/aromatic N) is 1. The molecule has 7 nitrogen and oxygen atoms in total. The fraction of sp³-hybridized carbons (Fsp3) is 0.462. The summed E-state index contributed by atoms with van der Waals surface area (Å²) in [6, 6.07) is 3.97. The summed E-state index contributed by atoms with van der Waals surface area (Å²) in [6.07, 6.45) is 0. The average Bonchev–Trinajstić information content (AvgIpc) is 2.51. The smallest absolute Gasteiger partial charge is 0.492 e. The molecule has 0 atom stereocenters. The van der Waals surface area contributed by atoms with Crippen molar-refractivity contribution in [3.05, 3.63) is 24.3 Å². The van der Waals surface area contributed by atoms with Gasteiger partial charge in [0.15, 0.2) is 5.96 Å². The van der Waals surface area contributed by atoms with Crippen LogP contribution in [0.4, 0.5) is 13.2 Å². The minimum atomic E-state index is -5.35. The van der Waals surface area contributed by atoms with Gasteiger partial charge in [0.05, 0.1) is 24.6 Å². The molecule has 0 heterocycles. The standard InChI is InChI=1S/C13H18F3N3O4S/c1-22-8-6-18-12(17)19-7-9-23-10-2-4-11(5-3-10)24(20,21)13(14,15)16/h2-5H,6-9H2,1H3,(H3,17,18,19). The predicted molar refractivity (Wildman–Crippen MR) is 81.5 cm³/mol. The number of aliphatic imine (C=N–C) groups is 1. The van der Waals surface area contributed by atoms with Crippen LogP contribution in [-0.4, -0.2) is 53.3 Å². The highest BCUT2D eigenvalue weighted by molar-refractivity contribution is 7.92. The topological polar surface area (TPSA) is 103 Å². The Kier molecular flexibility index (Phi) is 7.29. The fourth-order valence-electron chi connectivity index (χ4n) is 1.51. The van der Waals surface area contributed by atoms with Gasteiger partial charge in [-0.15, -0.1) is 0 Å². The lowest BCUT2D eigenvalue weighted by atomic mass is 10.3. The van der Waals surface area contributed by atoms with Crippen molar-refractivity contribution in [2.45, 2.75) is 10.4 Å². The third kappa shape index (κ3) is 5.89. The van der Waals surface area contributed by atoms with Gasteiger partial charge in [-0.1, -0.05) is 0 Å². The molecule has 1 rings (SSSR count). The van der Waals surface area contributed by atoms with E-state index in [1.165, 1.54) is 7.11 Å². The summed E-state index contributed by atoms with van der Waals surface area (Å²) >= 11 is 0. The Morgan fingerprint density at radius 1 is 1.25 bits per heavy atom. The normalized spacial score (nSPS) is 12.9. The first-order valence-electron chi connectivity index (χ1n) is 6.75. The first-order valence-corrected chi connectivity index (χ1v) is 8.23. The van der Waals surface area contributed by atoms with E-state index in [-0.39, 0.29) is 18.3 Å². The van der Waals surface area contributed by atoms with E-state index >= 15 is 0 Å². The quantitative estimate of drug-likeness (QED) is 0.401. The van der Waals surface area contributed by atoms with Gasteiger partial charge in [-0.3, -0.25) is 4.99 Å². The molecular weight excluding hydrogens is 351 g/mol. The number of rotatable bonds is 8. The van der Waals surface area contributed by atoms with Crippen LogP contribution in [0.15, 0.2) is 34.2 Å². The summed E-state index contributed by atoms with van der Waals surface area (Å²) in [4.78, 5) is 3.11. The summed E-state index contributed by atoms with van der Waals surface area (Å²) < 4.78 is 69.6. The highest BCUT2D eigenvalue weighted by atomic mass is 32.2. The van der Waals surface area contributed by atoms with Crippen LogP contribution in [0.1, 0.15) is 0 Å². The second-order valence-electron chi connectivity index (χ2n) is 4.46. The monoisotopic (exact) mass is 369 g/mol. The second-order valence-corrected chi connectivity index (χ2v) is 6.40. The molecule has 0 aliphatic heterocycles. The molecule has 0 bridgehead atoms. The van der Waals surface area contributed by atoms with E-state index in [4.69, 9.17) is 15.2 Å². The number of guanidine groups is 1. The van der Waals surface area contributed by atoms with Gasteiger partial charge in [-0.25, -0.2) is 8.42 Å². The van der Waals surface area contributed by atoms with Crippen LogP contribution in [0.5, 0.6) is 5.75 Å². The highest BCUT2D eigenvalue weighted by Crippen LogP contribution is 2.30. The SMILES string of the molecule is COCCN=C(N)NCCOc1ccc(S(=O)(=O)C(F)(F)F)cc1. The number of methoxy groups -OCH3 is 1. The zero-order valence-electron chi connectivity index (χ0n) is 12.8. The van der Waals surface area contributed by atoms with Crippen molar-refractivity contribution >= 4 is 15.8 Å². The molecular formula is C13H18F3N3O4S. The van der Waals surface area contributed by atoms with Crippen LogP contribution in [-0.2, 0) is 14.6 Å². The number of halogens is 3. The molecule has 0 fully saturated rings. The molecule has 0 saturated carbocycles. The number of hydrogen-bond donors (Lipinski definition) is 2. The third-order valence-electron chi connectivity index (χ3n) is 2.69. The average molecular weight is 369 g/mol. The van der Waals surface area contributed by atoms with Crippen molar-refractivity contribution in [1.82, 2.24) is 5.32 Å². The minimum Gasteiger partial charge on any atom is -0.492 e. The molecule has 0 spiro atoms. The van der Waals surface area contributed by atoms with E-state index in [0.717, 1.165) is 24.3 Å². The maximum Gasteiger partial charge on any atom is 0.501 e. The lowest BCUT2D eigenvalue weighted by molar-refractivity contribution is -0.0436. The molecule has 0 unspecified atom stereocenters. The van der Waals surface area contributed by atoms with E-state index in [0.29, 0.717) is 19.7 Å². The first kappa shape index (κ1) is 20.0. The Morgan fingerprint density at radius 2 is 1.88 bits per heavy atom. The molecule has 0 aliphatic carbocycles. The predicted octanol–water partition coefficient (Wildman–Crippen LogP) is 0.910. The Balaban J connectivity index is 2.48. The van der Waals surface area contributed by atoms with Crippen LogP contribution in [0.2, 0.25) is 0 Å². The van der Waals surface area contributed by atoms with Crippen LogP contribution < -0.4 is 15.8 Å². The first-order chi connectivity index (χ1) is 11.2. The van der Waals surface area contributed by atoms with E-state index in [9.17, 15) is 21.6 Å². The summed E-state index contributed by atoms with van der Waals surface area (Å²) in [6.45, 7) is 1.31. The summed E-state index contributed by atoms with van der Waals surface area (Å²) in [5.74, 6) is 0.440. The highest BCUT2D eigenvalue weighted by Gasteiger charge is 2.46. The maximum absolute atomic E-state index is 12.4. The van der Waals surface area contributed by atoms with Crippen LogP contribution in [0, 0.1) is 0 Å². The Morgan fingerprint density at radius 3 is 2.42 bits per heavy atom. The van der Waals surface area contributed by atoms with E-state index in [1.54, 1.807) is 0 Å². The molecule has 1 aromatic rings. The van der Waals surface area contributed by atoms with E-state index in [1.807, 2.05) is 0 Å². The number of nitrogens with two attached hydrogens (primary N) is 1. The number of nitrogens with one attached hydrogen (secondary N) is 1. The molecule has 0 aliphatic rings. The van der Waals surface area contributed by atoms with Gasteiger partial charge >= 0.3 is 5.51 Å². The van der Waals surface area contributed by atoms with Gasteiger partial charge in [0.25, 0.3) is 9.84 Å². The van der Waals surface area contributed by atoms with Crippen molar-refractivity contribution in [2.24, 2.45) is 10.7 Å². The number of hydrogen-bond acceptors (Lipinski definition) is 5. The Bertz CT molecular complexity index is 645. The Labute approximate surface area is 137 Å². The Hall–Kier alpha value is -2.01. The van der Waals surface area contributed by atoms with Gasteiger partial charge in [0.1, 0.15) is 12.4 Å². The molecule has 0 saturated heterocycles. The fourth-order valence-corrected chi connectivity index (χ4v) is 2.27. The maximum atomic E-state index is 12.4. The van der Waals surface area contributed by atoms with Crippen LogP contribution in [0.3, 0.4) is 0 Å². The molecule has 3 N–H and O–H groups in total. The lowest BCUT2D eigenvalue weighted by Gasteiger charge is -2.10. The zero-order valence-corrected chi connectivity index (χ0v) is 13.7. The largest absolute Gasteiger partial charge is 0.501 e. The zero-order chi connectivity index (χ0) is 18.2. The van der Waals surface area contributed by atoms with Crippen molar-refractivity contribution in [3.63, 3.8) is 0 Å². The van der Waals surface area contributed by atoms with Crippen molar-refractivity contribution in [2.75, 3.05) is 33.4 Å². The molecule has 136 valence electrons. The van der Waals surface area contributed by atoms with Gasteiger partial charge in [0.2, 0.25) is 0 Å². The van der Waals surface area contributed by atoms with Gasteiger partial charge in [0, 0.05) is 7.11 Å². The number of sulfone groups is 1. The summed E-state index contributed by atoms with van der Waals surface area (Å²) in [5, 5.41) is 2.77. The van der Waals surface area contributed by atoms with Crippen molar-refractivity contribution in [1.29, 1.82) is 0 Å². The minimum absolute atomic E-state index is 0.159. The van der Waals surface area contributed by atoms with E-state index < -0.39 is 20.2 Å². The number of alkyl halides is 3. The summed E-state index contributed by atoms with van der Waals surface area (Å²) in [7, 11) is -3.81. The summed E-state index contributed by atoms with van der Waals surface area (Å²) in [5.41, 5.74) is 0.223. The van der Waals surface area contributed by atoms with Gasteiger partial charge in [-0.2, -0.15) is 13.2 Å². The molecule has 0 radical (unpaired) electrons. The molecule has 0 aromatic heterocycles. The van der Waals surface area contributed by atoms with Crippen LogP contribution >= 0.6 is 0 Å². The number of ether oxygens (including phenoxy) is 2. The van der Waals surface area contributed by atoms with Gasteiger partial charge in [-0.05, 0) is 24.3 Å². The molecule has 0 amide bonds. The molecule has 24 heavy (non-hydrogen) atoms. The van der Waals surface area contributed by atoms with E-state index in [2.05, 4.69) is 10.3 Å². The lowest BCUT2D eigenvalue weighted by Crippen LogP contribution is -2.35. The van der Waals surface area contributed by atoms with Crippen molar-refractivity contribution in [3.8, 4) is 5.75 Å². The van der Waals surface area contributed by atoms with Crippen LogP contribution in [0.25, 0.3) is 0 Å². The number of benzene rings is 1.